The number of hydrogen-bond acceptors (Lipinski definition) is 7. The maximum absolute atomic E-state index is 12.8. The third-order valence-electron chi connectivity index (χ3n) is 4.84. The Morgan fingerprint density at radius 2 is 2.19 bits per heavy atom. The highest BCUT2D eigenvalue weighted by atomic mass is 32.2. The molecule has 142 valence electrons. The number of rotatable bonds is 5. The number of sulfone groups is 1. The van der Waals surface area contributed by atoms with Crippen molar-refractivity contribution in [2.45, 2.75) is 32.9 Å². The fourth-order valence-corrected chi connectivity index (χ4v) is 5.98. The quantitative estimate of drug-likeness (QED) is 0.603. The highest BCUT2D eigenvalue weighted by Crippen LogP contribution is 2.29. The molecule has 0 radical (unpaired) electrons. The van der Waals surface area contributed by atoms with Gasteiger partial charge in [0.05, 0.1) is 16.4 Å². The van der Waals surface area contributed by atoms with Crippen molar-refractivity contribution in [2.75, 3.05) is 11.5 Å². The van der Waals surface area contributed by atoms with Crippen LogP contribution in [0.1, 0.15) is 34.2 Å². The third kappa shape index (κ3) is 3.46. The summed E-state index contributed by atoms with van der Waals surface area (Å²) in [6, 6.07) is 5.52. The first-order chi connectivity index (χ1) is 12.8. The predicted octanol–water partition coefficient (Wildman–Crippen LogP) is 2.06. The number of carbonyl (C=O) groups excluding carboxylic acids is 1. The van der Waals surface area contributed by atoms with Gasteiger partial charge in [-0.25, -0.2) is 8.42 Å². The molecule has 4 heterocycles. The van der Waals surface area contributed by atoms with Gasteiger partial charge in [-0.05, 0) is 43.0 Å². The summed E-state index contributed by atoms with van der Waals surface area (Å²) in [5.74, 6) is 0.711. The zero-order valence-corrected chi connectivity index (χ0v) is 16.6. The molecule has 0 spiro atoms. The van der Waals surface area contributed by atoms with Crippen LogP contribution in [0.2, 0.25) is 0 Å². The average molecular weight is 406 g/mol. The molecule has 1 aliphatic rings. The summed E-state index contributed by atoms with van der Waals surface area (Å²) >= 11 is 1.51. The van der Waals surface area contributed by atoms with Gasteiger partial charge >= 0.3 is 0 Å². The maximum Gasteiger partial charge on any atom is 0.214 e. The van der Waals surface area contributed by atoms with E-state index in [0.717, 1.165) is 16.3 Å². The zero-order valence-electron chi connectivity index (χ0n) is 15.0. The Bertz CT molecular complexity index is 1100. The smallest absolute Gasteiger partial charge is 0.214 e. The molecule has 0 aliphatic carbocycles. The van der Waals surface area contributed by atoms with Crippen LogP contribution in [0.4, 0.5) is 0 Å². The molecule has 1 aliphatic heterocycles. The molecule has 10 heteroatoms. The minimum Gasteiger partial charge on any atom is -0.344 e. The van der Waals surface area contributed by atoms with Crippen LogP contribution in [0.15, 0.2) is 23.6 Å². The molecule has 3 aromatic heterocycles. The molecule has 0 amide bonds. The van der Waals surface area contributed by atoms with Crippen LogP contribution < -0.4 is 0 Å². The van der Waals surface area contributed by atoms with Crippen molar-refractivity contribution in [3.63, 3.8) is 0 Å². The first kappa shape index (κ1) is 18.1. The van der Waals surface area contributed by atoms with Crippen molar-refractivity contribution >= 4 is 27.0 Å². The number of ketones is 1. The summed E-state index contributed by atoms with van der Waals surface area (Å²) in [5, 5.41) is 14.2. The van der Waals surface area contributed by atoms with Crippen LogP contribution in [-0.2, 0) is 16.4 Å². The van der Waals surface area contributed by atoms with Crippen LogP contribution in [0.25, 0.3) is 10.7 Å². The lowest BCUT2D eigenvalue weighted by molar-refractivity contribution is 0.0960. The molecule has 0 unspecified atom stereocenters. The van der Waals surface area contributed by atoms with Gasteiger partial charge in [0, 0.05) is 23.0 Å². The van der Waals surface area contributed by atoms with Gasteiger partial charge < -0.3 is 4.57 Å². The molecule has 0 N–H and O–H groups in total. The highest BCUT2D eigenvalue weighted by Gasteiger charge is 2.31. The maximum atomic E-state index is 12.8. The molecular weight excluding hydrogens is 386 g/mol. The molecule has 8 nitrogen and oxygen atoms in total. The van der Waals surface area contributed by atoms with E-state index in [1.807, 2.05) is 42.0 Å². The van der Waals surface area contributed by atoms with Gasteiger partial charge in [-0.2, -0.15) is 4.80 Å². The van der Waals surface area contributed by atoms with E-state index in [0.29, 0.717) is 17.8 Å². The van der Waals surface area contributed by atoms with Crippen molar-refractivity contribution in [2.24, 2.45) is 0 Å². The monoisotopic (exact) mass is 405 g/mol. The molecule has 1 fully saturated rings. The van der Waals surface area contributed by atoms with E-state index in [1.165, 1.54) is 16.1 Å². The van der Waals surface area contributed by atoms with Crippen LogP contribution >= 0.6 is 11.3 Å². The molecule has 1 saturated heterocycles. The second-order valence-electron chi connectivity index (χ2n) is 6.76. The van der Waals surface area contributed by atoms with Gasteiger partial charge in [0.25, 0.3) is 0 Å². The molecule has 0 saturated carbocycles. The lowest BCUT2D eigenvalue weighted by atomic mass is 10.1. The Balaban J connectivity index is 1.55. The minimum absolute atomic E-state index is 0.00830. The van der Waals surface area contributed by atoms with Crippen molar-refractivity contribution in [1.29, 1.82) is 0 Å². The van der Waals surface area contributed by atoms with E-state index in [9.17, 15) is 13.2 Å². The topological polar surface area (TPSA) is 99.7 Å². The summed E-state index contributed by atoms with van der Waals surface area (Å²) in [4.78, 5) is 15.0. The number of aromatic nitrogens is 5. The number of Topliss-reactive ketones (excluding diaryl/α,β-unsaturated/α-hetero) is 1. The summed E-state index contributed by atoms with van der Waals surface area (Å²) in [7, 11) is -2.99. The van der Waals surface area contributed by atoms with Gasteiger partial charge in [0.2, 0.25) is 5.82 Å². The summed E-state index contributed by atoms with van der Waals surface area (Å²) in [6.45, 7) is 3.75. The van der Waals surface area contributed by atoms with Crippen molar-refractivity contribution in [3.05, 3.63) is 40.5 Å². The van der Waals surface area contributed by atoms with Crippen LogP contribution in [0.3, 0.4) is 0 Å². The number of aryl methyl sites for hydroxylation is 1. The van der Waals surface area contributed by atoms with Crippen LogP contribution in [0, 0.1) is 13.8 Å². The van der Waals surface area contributed by atoms with E-state index >= 15 is 0 Å². The normalized spacial score (nSPS) is 18.8. The van der Waals surface area contributed by atoms with Gasteiger partial charge in [0.15, 0.2) is 15.6 Å². The van der Waals surface area contributed by atoms with Gasteiger partial charge in [-0.1, -0.05) is 6.07 Å². The van der Waals surface area contributed by atoms with E-state index < -0.39 is 9.84 Å². The average Bonchev–Trinajstić information content (AvgIpc) is 3.35. The molecule has 27 heavy (non-hydrogen) atoms. The number of tetrazole rings is 1. The van der Waals surface area contributed by atoms with E-state index in [2.05, 4.69) is 15.4 Å². The summed E-state index contributed by atoms with van der Waals surface area (Å²) < 4.78 is 25.6. The van der Waals surface area contributed by atoms with Crippen LogP contribution in [0.5, 0.6) is 0 Å². The van der Waals surface area contributed by atoms with Crippen LogP contribution in [-0.4, -0.2) is 50.5 Å². The Morgan fingerprint density at radius 3 is 2.85 bits per heavy atom. The molecule has 1 atom stereocenters. The minimum atomic E-state index is -2.99. The Labute approximate surface area is 160 Å². The fourth-order valence-electron chi connectivity index (χ4n) is 3.63. The third-order valence-corrected chi connectivity index (χ3v) is 7.45. The van der Waals surface area contributed by atoms with Crippen molar-refractivity contribution in [3.8, 4) is 10.7 Å². The first-order valence-corrected chi connectivity index (χ1v) is 11.3. The number of nitrogens with zero attached hydrogens (tertiary/aromatic N) is 5. The van der Waals surface area contributed by atoms with Gasteiger partial charge in [0.1, 0.15) is 6.54 Å². The van der Waals surface area contributed by atoms with E-state index in [-0.39, 0.29) is 29.9 Å². The van der Waals surface area contributed by atoms with Gasteiger partial charge in [-0.3, -0.25) is 4.79 Å². The van der Waals surface area contributed by atoms with E-state index in [4.69, 9.17) is 0 Å². The summed E-state index contributed by atoms with van der Waals surface area (Å²) in [6.07, 6.45) is 0.584. The largest absolute Gasteiger partial charge is 0.344 e. The molecule has 4 rings (SSSR count). The SMILES string of the molecule is Cc1cc(C(=O)Cn2nnc(-c3cccs3)n2)c(C)n1[C@@H]1CCS(=O)(=O)C1. The number of hydrogen-bond donors (Lipinski definition) is 0. The van der Waals surface area contributed by atoms with Crippen molar-refractivity contribution in [1.82, 2.24) is 24.8 Å². The molecule has 0 aromatic carbocycles. The number of thiophene rings is 1. The molecule has 0 bridgehead atoms. The first-order valence-electron chi connectivity index (χ1n) is 8.58. The Kier molecular flexibility index (Phi) is 4.47. The summed E-state index contributed by atoms with van der Waals surface area (Å²) in [5.41, 5.74) is 2.26. The number of carbonyl (C=O) groups is 1. The second kappa shape index (κ2) is 6.68. The highest BCUT2D eigenvalue weighted by molar-refractivity contribution is 7.91. The second-order valence-corrected chi connectivity index (χ2v) is 9.93. The van der Waals surface area contributed by atoms with E-state index in [1.54, 1.807) is 0 Å². The molecule has 3 aromatic rings. The molecular formula is C17H19N5O3S2. The zero-order chi connectivity index (χ0) is 19.2. The lowest BCUT2D eigenvalue weighted by Crippen LogP contribution is -2.16. The van der Waals surface area contributed by atoms with Gasteiger partial charge in [-0.15, -0.1) is 21.5 Å². The predicted molar refractivity (Wildman–Crippen MR) is 102 cm³/mol. The Hall–Kier alpha value is -2.33. The lowest BCUT2D eigenvalue weighted by Gasteiger charge is -2.16. The Morgan fingerprint density at radius 1 is 1.37 bits per heavy atom. The standard InChI is InChI=1S/C17H19N5O3S2/c1-11-8-14(12(2)22(11)13-5-7-27(24,25)10-13)15(23)9-21-19-17(18-20-21)16-4-3-6-26-16/h3-4,6,8,13H,5,7,9-10H2,1-2H3/t13-/m1/s1. The fraction of sp³-hybridized carbons (Fsp3) is 0.412. The van der Waals surface area contributed by atoms with Crippen molar-refractivity contribution < 1.29 is 13.2 Å².